The average Bonchev–Trinajstić information content (AvgIpc) is 3.50. The monoisotopic (exact) mass is 395 g/mol. The molecule has 0 aromatic heterocycles. The number of benzene rings is 1. The Morgan fingerprint density at radius 3 is 2.59 bits per heavy atom. The lowest BCUT2D eigenvalue weighted by atomic mass is 9.74. The zero-order valence-electron chi connectivity index (χ0n) is 17.6. The Hall–Kier alpha value is -2.03. The normalized spacial score (nSPS) is 27.2. The van der Waals surface area contributed by atoms with Crippen LogP contribution in [-0.4, -0.2) is 65.3 Å². The molecule has 29 heavy (non-hydrogen) atoms. The third kappa shape index (κ3) is 4.60. The van der Waals surface area contributed by atoms with Crippen molar-refractivity contribution in [2.45, 2.75) is 63.6 Å². The third-order valence-corrected chi connectivity index (χ3v) is 6.36. The molecule has 4 rings (SSSR count). The fraction of sp³-hybridized carbons (Fsp3) is 0.625. The number of aliphatic hydroxyl groups is 1. The highest BCUT2D eigenvalue weighted by molar-refractivity contribution is 5.74. The van der Waals surface area contributed by atoms with E-state index in [0.717, 1.165) is 31.5 Å². The van der Waals surface area contributed by atoms with Crippen molar-refractivity contribution < 1.29 is 9.90 Å². The van der Waals surface area contributed by atoms with Crippen LogP contribution in [0.25, 0.3) is 0 Å². The number of nitrogens with zero attached hydrogens (tertiary/aromatic N) is 2. The van der Waals surface area contributed by atoms with Crippen molar-refractivity contribution in [3.63, 3.8) is 0 Å². The molecule has 3 atom stereocenters. The van der Waals surface area contributed by atoms with E-state index in [4.69, 9.17) is 0 Å². The summed E-state index contributed by atoms with van der Waals surface area (Å²) in [6, 6.07) is 9.10. The molecule has 0 bridgehead atoms. The van der Waals surface area contributed by atoms with E-state index in [0.29, 0.717) is 12.5 Å². The Kier molecular flexibility index (Phi) is 6.12. The molecule has 2 aliphatic heterocycles. The fourth-order valence-corrected chi connectivity index (χ4v) is 4.66. The summed E-state index contributed by atoms with van der Waals surface area (Å²) in [5.74, 6) is 7.44. The number of rotatable bonds is 3. The number of urea groups is 1. The molecule has 0 spiro atoms. The molecule has 5 heteroatoms. The molecule has 2 heterocycles. The molecule has 156 valence electrons. The van der Waals surface area contributed by atoms with Crippen LogP contribution in [0.5, 0.6) is 0 Å². The summed E-state index contributed by atoms with van der Waals surface area (Å²) < 4.78 is 0. The topological polar surface area (TPSA) is 55.8 Å². The molecule has 3 fully saturated rings. The van der Waals surface area contributed by atoms with Gasteiger partial charge in [0.25, 0.3) is 0 Å². The molecule has 1 saturated carbocycles. The van der Waals surface area contributed by atoms with Crippen molar-refractivity contribution in [1.82, 2.24) is 15.1 Å². The van der Waals surface area contributed by atoms with Gasteiger partial charge >= 0.3 is 6.03 Å². The summed E-state index contributed by atoms with van der Waals surface area (Å²) in [6.45, 7) is 6.66. The first-order valence-electron chi connectivity index (χ1n) is 11.1. The molecule has 2 amide bonds. The zero-order chi connectivity index (χ0) is 20.4. The molecule has 5 nitrogen and oxygen atoms in total. The van der Waals surface area contributed by atoms with Gasteiger partial charge in [-0.1, -0.05) is 24.0 Å². The van der Waals surface area contributed by atoms with Crippen molar-refractivity contribution in [2.75, 3.05) is 26.2 Å². The number of fused-ring (bicyclic) bond motifs is 1. The molecule has 1 aliphatic carbocycles. The number of carbonyl (C=O) groups excluding carboxylic acids is 1. The number of amides is 2. The van der Waals surface area contributed by atoms with Gasteiger partial charge in [-0.15, -0.1) is 0 Å². The lowest BCUT2D eigenvalue weighted by Gasteiger charge is -2.57. The Morgan fingerprint density at radius 2 is 1.93 bits per heavy atom. The van der Waals surface area contributed by atoms with Crippen LogP contribution < -0.4 is 5.32 Å². The largest absolute Gasteiger partial charge is 0.395 e. The lowest BCUT2D eigenvalue weighted by molar-refractivity contribution is -0.0591. The molecule has 0 unspecified atom stereocenters. The minimum Gasteiger partial charge on any atom is -0.395 e. The van der Waals surface area contributed by atoms with Gasteiger partial charge < -0.3 is 15.3 Å². The molecule has 1 aromatic rings. The van der Waals surface area contributed by atoms with Crippen LogP contribution in [0.15, 0.2) is 24.3 Å². The summed E-state index contributed by atoms with van der Waals surface area (Å²) in [6.07, 6.45) is 4.54. The molecule has 0 radical (unpaired) electrons. The molecular formula is C24H33N3O2. The van der Waals surface area contributed by atoms with E-state index >= 15 is 0 Å². The number of carbonyl (C=O) groups is 1. The maximum absolute atomic E-state index is 12.7. The highest BCUT2D eigenvalue weighted by atomic mass is 16.3. The van der Waals surface area contributed by atoms with Crippen LogP contribution >= 0.6 is 0 Å². The van der Waals surface area contributed by atoms with Crippen LogP contribution in [0.4, 0.5) is 4.79 Å². The molecule has 2 N–H and O–H groups in total. The van der Waals surface area contributed by atoms with Gasteiger partial charge in [0.05, 0.1) is 6.61 Å². The Bertz CT molecular complexity index is 776. The number of hydrogen-bond donors (Lipinski definition) is 2. The van der Waals surface area contributed by atoms with Gasteiger partial charge in [0.2, 0.25) is 0 Å². The van der Waals surface area contributed by atoms with Crippen molar-refractivity contribution in [3.05, 3.63) is 35.4 Å². The van der Waals surface area contributed by atoms with Gasteiger partial charge in [0.1, 0.15) is 0 Å². The second-order valence-corrected chi connectivity index (χ2v) is 9.00. The first kappa shape index (κ1) is 20.3. The van der Waals surface area contributed by atoms with E-state index in [2.05, 4.69) is 46.3 Å². The minimum absolute atomic E-state index is 0.0266. The third-order valence-electron chi connectivity index (χ3n) is 6.36. The van der Waals surface area contributed by atoms with Crippen LogP contribution in [0.1, 0.15) is 56.6 Å². The lowest BCUT2D eigenvalue weighted by Crippen LogP contribution is -2.68. The Balaban J connectivity index is 1.50. The summed E-state index contributed by atoms with van der Waals surface area (Å²) >= 11 is 0. The quantitative estimate of drug-likeness (QED) is 0.774. The summed E-state index contributed by atoms with van der Waals surface area (Å²) in [5, 5.41) is 13.1. The van der Waals surface area contributed by atoms with Crippen LogP contribution in [0.2, 0.25) is 0 Å². The van der Waals surface area contributed by atoms with E-state index in [1.807, 2.05) is 18.7 Å². The number of hydrogen-bond acceptors (Lipinski definition) is 3. The molecule has 3 aliphatic rings. The minimum atomic E-state index is 0.0266. The molecule has 1 aromatic carbocycles. The van der Waals surface area contributed by atoms with E-state index in [1.165, 1.54) is 18.4 Å². The Labute approximate surface area is 174 Å². The van der Waals surface area contributed by atoms with Crippen molar-refractivity contribution in [3.8, 4) is 11.8 Å². The second kappa shape index (κ2) is 8.77. The standard InChI is InChI=1S/C24H33N3O2/c1-17(2)25-24(29)26-13-3-4-14-27-21(15-26)23(22(27)16-28)20-11-9-19(10-12-20)8-7-18-5-6-18/h9-12,17-18,21-23,28H,3-6,13-16H2,1-2H3,(H,25,29)/t21-,22+,23-/m0/s1. The summed E-state index contributed by atoms with van der Waals surface area (Å²) in [4.78, 5) is 17.0. The highest BCUT2D eigenvalue weighted by Crippen LogP contribution is 2.42. The maximum Gasteiger partial charge on any atom is 0.317 e. The maximum atomic E-state index is 12.7. The van der Waals surface area contributed by atoms with Gasteiger partial charge in [0.15, 0.2) is 0 Å². The van der Waals surface area contributed by atoms with Crippen molar-refractivity contribution in [2.24, 2.45) is 5.92 Å². The first-order valence-corrected chi connectivity index (χ1v) is 11.1. The van der Waals surface area contributed by atoms with Crippen molar-refractivity contribution >= 4 is 6.03 Å². The SMILES string of the molecule is CC(C)NC(=O)N1CCCCN2[C@H](CO)[C@@H](c3ccc(C#CC4CC4)cc3)[C@@H]2C1. The first-order chi connectivity index (χ1) is 14.1. The number of aliphatic hydroxyl groups excluding tert-OH is 1. The summed E-state index contributed by atoms with van der Waals surface area (Å²) in [7, 11) is 0. The van der Waals surface area contributed by atoms with Gasteiger partial charge in [-0.3, -0.25) is 4.90 Å². The van der Waals surface area contributed by atoms with E-state index < -0.39 is 0 Å². The van der Waals surface area contributed by atoms with Crippen LogP contribution in [0.3, 0.4) is 0 Å². The fourth-order valence-electron chi connectivity index (χ4n) is 4.66. The van der Waals surface area contributed by atoms with E-state index in [-0.39, 0.29) is 36.7 Å². The van der Waals surface area contributed by atoms with Crippen molar-refractivity contribution in [1.29, 1.82) is 0 Å². The van der Waals surface area contributed by atoms with Crippen LogP contribution in [-0.2, 0) is 0 Å². The molecule has 2 saturated heterocycles. The van der Waals surface area contributed by atoms with Gasteiger partial charge in [-0.2, -0.15) is 0 Å². The van der Waals surface area contributed by atoms with Gasteiger partial charge in [-0.25, -0.2) is 4.79 Å². The van der Waals surface area contributed by atoms with Gasteiger partial charge in [0, 0.05) is 48.6 Å². The van der Waals surface area contributed by atoms with E-state index in [1.54, 1.807) is 0 Å². The Morgan fingerprint density at radius 1 is 1.21 bits per heavy atom. The summed E-state index contributed by atoms with van der Waals surface area (Å²) in [5.41, 5.74) is 2.31. The average molecular weight is 396 g/mol. The van der Waals surface area contributed by atoms with E-state index in [9.17, 15) is 9.90 Å². The predicted molar refractivity (Wildman–Crippen MR) is 115 cm³/mol. The molecular weight excluding hydrogens is 362 g/mol. The highest BCUT2D eigenvalue weighted by Gasteiger charge is 2.49. The predicted octanol–water partition coefficient (Wildman–Crippen LogP) is 2.79. The van der Waals surface area contributed by atoms with Crippen LogP contribution in [0, 0.1) is 17.8 Å². The van der Waals surface area contributed by atoms with Gasteiger partial charge in [-0.05, 0) is 63.8 Å². The second-order valence-electron chi connectivity index (χ2n) is 9.00. The number of nitrogens with one attached hydrogen (secondary N) is 1. The zero-order valence-corrected chi connectivity index (χ0v) is 17.6. The smallest absolute Gasteiger partial charge is 0.317 e.